The maximum absolute atomic E-state index is 12.4. The first-order chi connectivity index (χ1) is 12.1. The lowest BCUT2D eigenvalue weighted by molar-refractivity contribution is 0.0949. The molecular weight excluding hydrogens is 326 g/mol. The van der Waals surface area contributed by atoms with Crippen molar-refractivity contribution in [1.29, 1.82) is 0 Å². The number of aromatic amines is 1. The number of rotatable bonds is 6. The summed E-state index contributed by atoms with van der Waals surface area (Å²) in [6.45, 7) is 2.67. The van der Waals surface area contributed by atoms with Crippen LogP contribution in [0.25, 0.3) is 0 Å². The van der Waals surface area contributed by atoms with Crippen LogP contribution in [0.1, 0.15) is 21.9 Å². The molecule has 0 aliphatic heterocycles. The molecule has 0 radical (unpaired) electrons. The third kappa shape index (κ3) is 3.60. The van der Waals surface area contributed by atoms with E-state index < -0.39 is 17.2 Å². The van der Waals surface area contributed by atoms with E-state index in [9.17, 15) is 14.4 Å². The highest BCUT2D eigenvalue weighted by molar-refractivity contribution is 5.93. The van der Waals surface area contributed by atoms with Crippen molar-refractivity contribution in [2.45, 2.75) is 20.0 Å². The van der Waals surface area contributed by atoms with Gasteiger partial charge in [0.1, 0.15) is 17.1 Å². The smallest absolute Gasteiger partial charge is 0.328 e. The highest BCUT2D eigenvalue weighted by Crippen LogP contribution is 2.00. The number of hydrogen-bond acceptors (Lipinski definition) is 5. The molecule has 1 amide bonds. The molecular formula is C16H17N5O4. The quantitative estimate of drug-likeness (QED) is 0.659. The molecule has 2 N–H and O–H groups in total. The van der Waals surface area contributed by atoms with E-state index in [1.165, 1.54) is 6.26 Å². The molecule has 0 atom stereocenters. The molecule has 0 spiro atoms. The zero-order valence-electron chi connectivity index (χ0n) is 13.6. The number of nitrogens with one attached hydrogen (secondary N) is 2. The van der Waals surface area contributed by atoms with Crippen LogP contribution in [0.3, 0.4) is 0 Å². The first-order valence-electron chi connectivity index (χ1n) is 7.67. The van der Waals surface area contributed by atoms with Crippen LogP contribution in [0.5, 0.6) is 0 Å². The van der Waals surface area contributed by atoms with Crippen LogP contribution in [0.15, 0.2) is 51.0 Å². The number of amides is 1. The molecule has 9 nitrogen and oxygen atoms in total. The van der Waals surface area contributed by atoms with Crippen LogP contribution >= 0.6 is 0 Å². The number of hydrogen-bond donors (Lipinski definition) is 2. The Morgan fingerprint density at radius 3 is 2.92 bits per heavy atom. The molecule has 0 unspecified atom stereocenters. The van der Waals surface area contributed by atoms with E-state index in [0.29, 0.717) is 18.8 Å². The largest absolute Gasteiger partial charge is 0.467 e. The van der Waals surface area contributed by atoms with Crippen molar-refractivity contribution in [2.24, 2.45) is 0 Å². The summed E-state index contributed by atoms with van der Waals surface area (Å²) in [5.74, 6) is 0.729. The van der Waals surface area contributed by atoms with E-state index in [1.54, 1.807) is 24.5 Å². The van der Waals surface area contributed by atoms with Crippen molar-refractivity contribution in [1.82, 2.24) is 24.4 Å². The van der Waals surface area contributed by atoms with Crippen LogP contribution in [0.4, 0.5) is 0 Å². The molecule has 9 heteroatoms. The Morgan fingerprint density at radius 2 is 2.24 bits per heavy atom. The second-order valence-corrected chi connectivity index (χ2v) is 5.40. The van der Waals surface area contributed by atoms with Crippen molar-refractivity contribution >= 4 is 5.91 Å². The van der Waals surface area contributed by atoms with Crippen molar-refractivity contribution in [3.8, 4) is 0 Å². The molecule has 0 fully saturated rings. The zero-order chi connectivity index (χ0) is 17.8. The van der Waals surface area contributed by atoms with Gasteiger partial charge in [-0.05, 0) is 19.1 Å². The molecule has 0 aromatic carbocycles. The third-order valence-corrected chi connectivity index (χ3v) is 3.76. The Hall–Kier alpha value is -3.36. The number of nitrogens with zero attached hydrogens (tertiary/aromatic N) is 3. The van der Waals surface area contributed by atoms with E-state index in [4.69, 9.17) is 4.42 Å². The molecule has 3 aromatic heterocycles. The number of furan rings is 1. The van der Waals surface area contributed by atoms with Gasteiger partial charge >= 0.3 is 5.69 Å². The van der Waals surface area contributed by atoms with Gasteiger partial charge in [-0.1, -0.05) is 0 Å². The zero-order valence-corrected chi connectivity index (χ0v) is 13.6. The number of aryl methyl sites for hydroxylation is 1. The van der Waals surface area contributed by atoms with E-state index in [0.717, 1.165) is 16.6 Å². The monoisotopic (exact) mass is 343 g/mol. The third-order valence-electron chi connectivity index (χ3n) is 3.76. The molecule has 130 valence electrons. The maximum atomic E-state index is 12.4. The second-order valence-electron chi connectivity index (χ2n) is 5.40. The van der Waals surface area contributed by atoms with E-state index >= 15 is 0 Å². The van der Waals surface area contributed by atoms with Crippen LogP contribution in [-0.4, -0.2) is 31.6 Å². The topological polar surface area (TPSA) is 115 Å². The maximum Gasteiger partial charge on any atom is 0.328 e. The molecule has 0 saturated heterocycles. The average molecular weight is 343 g/mol. The van der Waals surface area contributed by atoms with Gasteiger partial charge in [-0.15, -0.1) is 0 Å². The summed E-state index contributed by atoms with van der Waals surface area (Å²) in [7, 11) is 0. The van der Waals surface area contributed by atoms with Gasteiger partial charge in [0, 0.05) is 31.7 Å². The minimum atomic E-state index is -0.670. The number of aromatic nitrogens is 4. The second kappa shape index (κ2) is 7.04. The molecule has 3 aromatic rings. The van der Waals surface area contributed by atoms with Gasteiger partial charge in [0.25, 0.3) is 11.5 Å². The Bertz CT molecular complexity index is 981. The Balaban J connectivity index is 1.73. The summed E-state index contributed by atoms with van der Waals surface area (Å²) in [6, 6.07) is 3.30. The fraction of sp³-hybridized carbons (Fsp3) is 0.250. The Kier molecular flexibility index (Phi) is 4.64. The number of carbonyl (C=O) groups is 1. The summed E-state index contributed by atoms with van der Waals surface area (Å²) < 4.78 is 7.95. The summed E-state index contributed by atoms with van der Waals surface area (Å²) in [5, 5.41) is 2.66. The molecule has 3 rings (SSSR count). The van der Waals surface area contributed by atoms with E-state index in [-0.39, 0.29) is 12.1 Å². The fourth-order valence-electron chi connectivity index (χ4n) is 2.40. The fourth-order valence-corrected chi connectivity index (χ4v) is 2.40. The predicted octanol–water partition coefficient (Wildman–Crippen LogP) is 0.113. The summed E-state index contributed by atoms with van der Waals surface area (Å²) in [4.78, 5) is 43.0. The van der Waals surface area contributed by atoms with Crippen molar-refractivity contribution in [3.63, 3.8) is 0 Å². The summed E-state index contributed by atoms with van der Waals surface area (Å²) >= 11 is 0. The highest BCUT2D eigenvalue weighted by Gasteiger charge is 2.15. The van der Waals surface area contributed by atoms with Crippen molar-refractivity contribution in [3.05, 3.63) is 75.0 Å². The lowest BCUT2D eigenvalue weighted by atomic mass is 10.3. The van der Waals surface area contributed by atoms with Crippen LogP contribution in [-0.2, 0) is 13.1 Å². The average Bonchev–Trinajstić information content (AvgIpc) is 3.23. The minimum Gasteiger partial charge on any atom is -0.467 e. The van der Waals surface area contributed by atoms with Crippen LogP contribution in [0, 0.1) is 6.92 Å². The molecule has 0 bridgehead atoms. The number of H-pyrrole nitrogens is 1. The lowest BCUT2D eigenvalue weighted by Gasteiger charge is -2.08. The summed E-state index contributed by atoms with van der Waals surface area (Å²) in [5.41, 5.74) is -1.41. The van der Waals surface area contributed by atoms with E-state index in [1.807, 2.05) is 11.5 Å². The first-order valence-corrected chi connectivity index (χ1v) is 7.67. The Labute approximate surface area is 141 Å². The van der Waals surface area contributed by atoms with Gasteiger partial charge in [0.05, 0.1) is 12.8 Å². The predicted molar refractivity (Wildman–Crippen MR) is 88.4 cm³/mol. The molecule has 25 heavy (non-hydrogen) atoms. The molecule has 0 aliphatic carbocycles. The Morgan fingerprint density at radius 1 is 1.40 bits per heavy atom. The van der Waals surface area contributed by atoms with Gasteiger partial charge in [0.15, 0.2) is 0 Å². The highest BCUT2D eigenvalue weighted by atomic mass is 16.3. The first kappa shape index (κ1) is 16.5. The lowest BCUT2D eigenvalue weighted by Crippen LogP contribution is -2.41. The number of carbonyl (C=O) groups excluding carboxylic acids is 1. The van der Waals surface area contributed by atoms with Crippen molar-refractivity contribution in [2.75, 3.05) is 6.54 Å². The van der Waals surface area contributed by atoms with Gasteiger partial charge in [0.2, 0.25) is 0 Å². The minimum absolute atomic E-state index is 0.0451. The SMILES string of the molecule is Cc1nccn1CCNC(=O)c1c[nH]c(=O)n(Cc2ccco2)c1=O. The summed E-state index contributed by atoms with van der Waals surface area (Å²) in [6.07, 6.45) is 6.05. The standard InChI is InChI=1S/C16H17N5O4/c1-11-17-4-6-20(11)7-5-18-14(22)13-9-19-16(24)21(15(13)23)10-12-3-2-8-25-12/h2-4,6,8-9H,5,7,10H2,1H3,(H,18,22)(H,19,24). The van der Waals surface area contributed by atoms with Gasteiger partial charge in [-0.3, -0.25) is 14.2 Å². The molecule has 0 aliphatic rings. The van der Waals surface area contributed by atoms with Crippen molar-refractivity contribution < 1.29 is 9.21 Å². The van der Waals surface area contributed by atoms with Gasteiger partial charge in [-0.2, -0.15) is 0 Å². The normalized spacial score (nSPS) is 10.8. The van der Waals surface area contributed by atoms with Gasteiger partial charge < -0.3 is 19.3 Å². The van der Waals surface area contributed by atoms with Crippen LogP contribution < -0.4 is 16.6 Å². The molecule has 0 saturated carbocycles. The van der Waals surface area contributed by atoms with Gasteiger partial charge in [-0.25, -0.2) is 9.78 Å². The van der Waals surface area contributed by atoms with Crippen LogP contribution in [0.2, 0.25) is 0 Å². The molecule has 3 heterocycles. The number of imidazole rings is 1. The van der Waals surface area contributed by atoms with E-state index in [2.05, 4.69) is 15.3 Å².